The van der Waals surface area contributed by atoms with Gasteiger partial charge in [-0.25, -0.2) is 0 Å². The van der Waals surface area contributed by atoms with Crippen molar-refractivity contribution in [3.05, 3.63) is 29.8 Å². The Morgan fingerprint density at radius 3 is 1.74 bits per heavy atom. The molecule has 0 bridgehead atoms. The monoisotopic (exact) mass is 754 g/mol. The van der Waals surface area contributed by atoms with Crippen LogP contribution < -0.4 is 4.74 Å². The van der Waals surface area contributed by atoms with Crippen LogP contribution in [0, 0.1) is 17.8 Å². The summed E-state index contributed by atoms with van der Waals surface area (Å²) in [4.78, 5) is 12.8. The smallest absolute Gasteiger partial charge is 0.192 e. The van der Waals surface area contributed by atoms with Gasteiger partial charge >= 0.3 is 0 Å². The lowest BCUT2D eigenvalue weighted by Crippen LogP contribution is -2.57. The summed E-state index contributed by atoms with van der Waals surface area (Å²) in [5.74, 6) is -0.395. The molecule has 8 nitrogen and oxygen atoms in total. The number of aldehydes is 1. The van der Waals surface area contributed by atoms with Crippen molar-refractivity contribution in [2.45, 2.75) is 161 Å². The number of ether oxygens (including phenoxy) is 3. The number of aliphatic hydroxyl groups excluding tert-OH is 1. The van der Waals surface area contributed by atoms with E-state index in [1.165, 1.54) is 0 Å². The molecule has 50 heavy (non-hydrogen) atoms. The number of rotatable bonds is 19. The first-order valence-electron chi connectivity index (χ1n) is 18.5. The number of hydrogen-bond donors (Lipinski definition) is 1. The van der Waals surface area contributed by atoms with E-state index in [0.29, 0.717) is 13.2 Å². The Morgan fingerprint density at radius 2 is 1.30 bits per heavy atom. The molecule has 1 aliphatic heterocycles. The summed E-state index contributed by atoms with van der Waals surface area (Å²) in [6.45, 7) is 38.7. The van der Waals surface area contributed by atoms with Gasteiger partial charge in [0, 0.05) is 25.0 Å². The molecule has 1 aliphatic rings. The second-order valence-electron chi connectivity index (χ2n) is 19.5. The van der Waals surface area contributed by atoms with Crippen LogP contribution >= 0.6 is 0 Å². The van der Waals surface area contributed by atoms with E-state index in [9.17, 15) is 9.90 Å². The van der Waals surface area contributed by atoms with Gasteiger partial charge in [-0.05, 0) is 79.0 Å². The van der Waals surface area contributed by atoms with Gasteiger partial charge in [0.25, 0.3) is 0 Å². The molecule has 1 heterocycles. The number of epoxide rings is 1. The number of aliphatic hydroxyl groups is 1. The highest BCUT2D eigenvalue weighted by Crippen LogP contribution is 2.51. The molecule has 1 N–H and O–H groups in total. The van der Waals surface area contributed by atoms with E-state index in [1.807, 2.05) is 24.3 Å². The van der Waals surface area contributed by atoms with Crippen molar-refractivity contribution in [3.63, 3.8) is 0 Å². The Bertz CT molecular complexity index is 1220. The van der Waals surface area contributed by atoms with Crippen molar-refractivity contribution >= 4 is 31.2 Å². The summed E-state index contributed by atoms with van der Waals surface area (Å²) in [5, 5.41) is 12.2. The van der Waals surface area contributed by atoms with Crippen LogP contribution in [0.3, 0.4) is 0 Å². The fraction of sp³-hybridized carbons (Fsp3) is 0.821. The molecule has 0 spiro atoms. The number of hydrogen-bond acceptors (Lipinski definition) is 8. The van der Waals surface area contributed by atoms with Gasteiger partial charge in [-0.15, -0.1) is 0 Å². The van der Waals surface area contributed by atoms with Gasteiger partial charge in [0.15, 0.2) is 25.0 Å². The number of benzene rings is 1. The molecule has 0 aliphatic carbocycles. The predicted octanol–water partition coefficient (Wildman–Crippen LogP) is 9.23. The summed E-state index contributed by atoms with van der Waals surface area (Å²) < 4.78 is 38.9. The van der Waals surface area contributed by atoms with Crippen LogP contribution in [0.5, 0.6) is 5.75 Å². The van der Waals surface area contributed by atoms with Crippen LogP contribution in [0.15, 0.2) is 24.3 Å². The van der Waals surface area contributed by atoms with Crippen LogP contribution in [0.4, 0.5) is 0 Å². The van der Waals surface area contributed by atoms with Crippen molar-refractivity contribution in [3.8, 4) is 5.75 Å². The Morgan fingerprint density at radius 1 is 0.820 bits per heavy atom. The van der Waals surface area contributed by atoms with Gasteiger partial charge in [-0.1, -0.05) is 81.4 Å². The normalized spacial score (nSPS) is 22.4. The van der Waals surface area contributed by atoms with E-state index in [0.717, 1.165) is 17.6 Å². The lowest BCUT2D eigenvalue weighted by atomic mass is 9.80. The standard InChI is InChI=1S/C39H74O8Si3/c1-28(24-43-25-29-19-21-31(42-12)22-20-29)34-39(11,46-34)35(47-50(17,18)38(8,9)10)32(27-45-49(15,16)37(5,6)7)33(41)30(23-40)26-44-48(13,14)36(2,3)4/h19-23,28,30,32-35,41H,24-27H2,1-18H3/t28-,30+,32-,33-,34+,35-,39+/m0/s1. The van der Waals surface area contributed by atoms with Gasteiger partial charge in [-0.2, -0.15) is 0 Å². The fourth-order valence-corrected chi connectivity index (χ4v) is 8.87. The quantitative estimate of drug-likeness (QED) is 0.0849. The molecule has 1 aromatic carbocycles. The highest BCUT2D eigenvalue weighted by atomic mass is 28.4. The zero-order valence-electron chi connectivity index (χ0n) is 35.0. The average Bonchev–Trinajstić information content (AvgIpc) is 3.67. The molecular weight excluding hydrogens is 681 g/mol. The summed E-state index contributed by atoms with van der Waals surface area (Å²) in [7, 11) is -5.18. The first kappa shape index (κ1) is 45.3. The van der Waals surface area contributed by atoms with Crippen LogP contribution in [0.25, 0.3) is 0 Å². The number of carbonyl (C=O) groups is 1. The molecule has 1 fully saturated rings. The molecular formula is C39H74O8Si3. The largest absolute Gasteiger partial charge is 0.497 e. The molecule has 1 aromatic rings. The topological polar surface area (TPSA) is 96.0 Å². The molecule has 11 heteroatoms. The Kier molecular flexibility index (Phi) is 15.1. The van der Waals surface area contributed by atoms with Crippen LogP contribution in [-0.2, 0) is 34.2 Å². The number of carbonyl (C=O) groups excluding carboxylic acids is 1. The minimum absolute atomic E-state index is 0.0294. The maximum Gasteiger partial charge on any atom is 0.192 e. The van der Waals surface area contributed by atoms with Gasteiger partial charge < -0.3 is 37.4 Å². The first-order valence-corrected chi connectivity index (χ1v) is 27.2. The first-order chi connectivity index (χ1) is 22.5. The summed E-state index contributed by atoms with van der Waals surface area (Å²) >= 11 is 0. The second-order valence-corrected chi connectivity index (χ2v) is 33.8. The number of methoxy groups -OCH3 is 1. The van der Waals surface area contributed by atoms with E-state index in [-0.39, 0.29) is 40.4 Å². The van der Waals surface area contributed by atoms with Crippen LogP contribution in [0.1, 0.15) is 81.7 Å². The van der Waals surface area contributed by atoms with Crippen molar-refractivity contribution < 1.29 is 37.4 Å². The molecule has 0 unspecified atom stereocenters. The molecule has 0 radical (unpaired) electrons. The fourth-order valence-electron chi connectivity index (χ4n) is 5.39. The molecule has 290 valence electrons. The third kappa shape index (κ3) is 11.3. The highest BCUT2D eigenvalue weighted by Gasteiger charge is 2.64. The summed E-state index contributed by atoms with van der Waals surface area (Å²) in [5.41, 5.74) is 0.358. The van der Waals surface area contributed by atoms with Gasteiger partial charge in [-0.3, -0.25) is 0 Å². The maximum absolute atomic E-state index is 12.8. The summed E-state index contributed by atoms with van der Waals surface area (Å²) in [6, 6.07) is 7.90. The lowest BCUT2D eigenvalue weighted by Gasteiger charge is -2.46. The van der Waals surface area contributed by atoms with E-state index in [4.69, 9.17) is 27.5 Å². The van der Waals surface area contributed by atoms with Crippen LogP contribution in [0.2, 0.25) is 54.4 Å². The van der Waals surface area contributed by atoms with Gasteiger partial charge in [0.05, 0.1) is 44.6 Å². The van der Waals surface area contributed by atoms with Gasteiger partial charge in [0.2, 0.25) is 0 Å². The lowest BCUT2D eigenvalue weighted by molar-refractivity contribution is -0.121. The van der Waals surface area contributed by atoms with E-state index in [1.54, 1.807) is 7.11 Å². The maximum atomic E-state index is 12.8. The minimum atomic E-state index is -2.41. The zero-order chi connectivity index (χ0) is 38.7. The molecule has 0 saturated carbocycles. The second kappa shape index (κ2) is 16.6. The zero-order valence-corrected chi connectivity index (χ0v) is 38.0. The molecule has 0 amide bonds. The van der Waals surface area contributed by atoms with Crippen molar-refractivity contribution in [2.24, 2.45) is 17.8 Å². The van der Waals surface area contributed by atoms with Crippen LogP contribution in [-0.4, -0.2) is 87.2 Å². The Balaban J connectivity index is 2.49. The van der Waals surface area contributed by atoms with E-state index < -0.39 is 54.6 Å². The SMILES string of the molecule is COc1ccc(COC[C@H](C)[C@H]2O[C@@]2(C)[C@@H](O[Si](C)(C)C(C)(C)C)[C@@H](CO[Si](C)(C)C(C)(C)C)[C@@H](O)[C@H](C=O)CO[Si](C)(C)C(C)(C)C)cc1. The molecule has 1 saturated heterocycles. The molecule has 2 rings (SSSR count). The Hall–Kier alpha value is -0.899. The predicted molar refractivity (Wildman–Crippen MR) is 213 cm³/mol. The van der Waals surface area contributed by atoms with Crippen molar-refractivity contribution in [2.75, 3.05) is 26.9 Å². The minimum Gasteiger partial charge on any atom is -0.497 e. The summed E-state index contributed by atoms with van der Waals surface area (Å²) in [6.07, 6.45) is -0.870. The third-order valence-electron chi connectivity index (χ3n) is 12.3. The Labute approximate surface area is 309 Å². The molecule has 7 atom stereocenters. The third-order valence-corrected chi connectivity index (χ3v) is 25.8. The average molecular weight is 755 g/mol. The molecule has 0 aromatic heterocycles. The van der Waals surface area contributed by atoms with Crippen molar-refractivity contribution in [1.82, 2.24) is 0 Å². The van der Waals surface area contributed by atoms with Crippen molar-refractivity contribution in [1.29, 1.82) is 0 Å². The van der Waals surface area contributed by atoms with Gasteiger partial charge in [0.1, 0.15) is 17.6 Å². The highest BCUT2D eigenvalue weighted by molar-refractivity contribution is 6.75. The van der Waals surface area contributed by atoms with E-state index in [2.05, 4.69) is 115 Å². The van der Waals surface area contributed by atoms with E-state index >= 15 is 0 Å².